The van der Waals surface area contributed by atoms with Crippen molar-refractivity contribution in [3.8, 4) is 10.8 Å². The maximum absolute atomic E-state index is 13.7. The zero-order valence-corrected chi connectivity index (χ0v) is 17.3. The SMILES string of the molecule is CCN(CC)c1ccc(C=c2c(C(F)(F)F)nn3c(-c4nccs4)nnc23)c(C)n1. The number of fused-ring (bicyclic) bond motifs is 1. The Morgan fingerprint density at radius 1 is 1.17 bits per heavy atom. The van der Waals surface area contributed by atoms with Gasteiger partial charge in [-0.15, -0.1) is 21.5 Å². The molecule has 7 nitrogen and oxygen atoms in total. The largest absolute Gasteiger partial charge is 0.435 e. The zero-order chi connectivity index (χ0) is 21.5. The molecule has 0 saturated heterocycles. The van der Waals surface area contributed by atoms with E-state index in [1.165, 1.54) is 17.4 Å². The zero-order valence-electron chi connectivity index (χ0n) is 16.5. The van der Waals surface area contributed by atoms with E-state index in [0.29, 0.717) is 16.3 Å². The standard InChI is InChI=1S/C19H18F3N7S/c1-4-28(5-2)14-7-6-12(11(3)24-14)10-13-15(19(20,21)22)27-29-16(13)25-26-17(29)18-23-8-9-30-18/h6-10H,4-5H2,1-3H3. The van der Waals surface area contributed by atoms with Gasteiger partial charge in [-0.1, -0.05) is 0 Å². The molecule has 4 aromatic rings. The van der Waals surface area contributed by atoms with Crippen molar-refractivity contribution in [1.82, 2.24) is 29.8 Å². The normalized spacial score (nSPS) is 12.8. The molecule has 0 aliphatic rings. The number of hydrogen-bond donors (Lipinski definition) is 0. The minimum atomic E-state index is -4.64. The molecule has 11 heteroatoms. The van der Waals surface area contributed by atoms with Crippen molar-refractivity contribution in [2.75, 3.05) is 18.0 Å². The van der Waals surface area contributed by atoms with Crippen LogP contribution in [0.3, 0.4) is 0 Å². The van der Waals surface area contributed by atoms with E-state index in [0.717, 1.165) is 23.4 Å². The second-order valence-electron chi connectivity index (χ2n) is 6.52. The number of alkyl halides is 3. The number of rotatable bonds is 5. The monoisotopic (exact) mass is 433 g/mol. The quantitative estimate of drug-likeness (QED) is 0.481. The van der Waals surface area contributed by atoms with Crippen LogP contribution in [-0.2, 0) is 6.18 Å². The molecule has 0 aliphatic heterocycles. The molecule has 0 atom stereocenters. The van der Waals surface area contributed by atoms with Crippen LogP contribution in [0.15, 0.2) is 23.7 Å². The first-order valence-corrected chi connectivity index (χ1v) is 10.2. The van der Waals surface area contributed by atoms with Crippen LogP contribution in [0.2, 0.25) is 0 Å². The Kier molecular flexibility index (Phi) is 5.14. The highest BCUT2D eigenvalue weighted by Crippen LogP contribution is 2.28. The highest BCUT2D eigenvalue weighted by molar-refractivity contribution is 7.13. The molecule has 0 fully saturated rings. The molecule has 0 saturated carbocycles. The van der Waals surface area contributed by atoms with E-state index < -0.39 is 11.9 Å². The molecule has 0 bridgehead atoms. The second-order valence-corrected chi connectivity index (χ2v) is 7.41. The Morgan fingerprint density at radius 3 is 2.53 bits per heavy atom. The molecule has 4 rings (SSSR count). The third-order valence-corrected chi connectivity index (χ3v) is 5.50. The third-order valence-electron chi connectivity index (χ3n) is 4.73. The number of thiazole rings is 1. The number of aryl methyl sites for hydroxylation is 1. The molecular weight excluding hydrogens is 415 g/mol. The van der Waals surface area contributed by atoms with Crippen LogP contribution < -0.4 is 10.1 Å². The summed E-state index contributed by atoms with van der Waals surface area (Å²) in [5.41, 5.74) is 0.189. The lowest BCUT2D eigenvalue weighted by Crippen LogP contribution is -2.23. The first kappa shape index (κ1) is 20.2. The average Bonchev–Trinajstić information content (AvgIpc) is 3.41. The fraction of sp³-hybridized carbons (Fsp3) is 0.316. The molecule has 0 aromatic carbocycles. The van der Waals surface area contributed by atoms with Gasteiger partial charge < -0.3 is 4.90 Å². The maximum Gasteiger partial charge on any atom is 0.435 e. The first-order chi connectivity index (χ1) is 14.3. The summed E-state index contributed by atoms with van der Waals surface area (Å²) in [5.74, 6) is 0.960. The number of nitrogens with zero attached hydrogens (tertiary/aromatic N) is 7. The van der Waals surface area contributed by atoms with Crippen LogP contribution >= 0.6 is 11.3 Å². The summed E-state index contributed by atoms with van der Waals surface area (Å²) in [6, 6.07) is 3.56. The Morgan fingerprint density at radius 2 is 1.93 bits per heavy atom. The summed E-state index contributed by atoms with van der Waals surface area (Å²) >= 11 is 1.25. The van der Waals surface area contributed by atoms with E-state index >= 15 is 0 Å². The number of pyridine rings is 1. The van der Waals surface area contributed by atoms with Gasteiger partial charge in [0, 0.05) is 30.4 Å². The number of aromatic nitrogens is 6. The minimum Gasteiger partial charge on any atom is -0.357 e. The van der Waals surface area contributed by atoms with Gasteiger partial charge in [0.15, 0.2) is 16.3 Å². The number of anilines is 1. The highest BCUT2D eigenvalue weighted by Gasteiger charge is 2.37. The van der Waals surface area contributed by atoms with Crippen LogP contribution in [0.5, 0.6) is 0 Å². The Bertz CT molecular complexity index is 1230. The van der Waals surface area contributed by atoms with Gasteiger partial charge in [0.1, 0.15) is 5.82 Å². The van der Waals surface area contributed by atoms with Crippen LogP contribution in [0.4, 0.5) is 19.0 Å². The van der Waals surface area contributed by atoms with E-state index in [9.17, 15) is 13.2 Å². The number of hydrogen-bond acceptors (Lipinski definition) is 7. The van der Waals surface area contributed by atoms with E-state index in [-0.39, 0.29) is 16.7 Å². The van der Waals surface area contributed by atoms with E-state index in [2.05, 4.69) is 30.2 Å². The van der Waals surface area contributed by atoms with Crippen molar-refractivity contribution in [2.45, 2.75) is 26.9 Å². The summed E-state index contributed by atoms with van der Waals surface area (Å²) in [6.45, 7) is 7.39. The second kappa shape index (κ2) is 7.63. The molecule has 156 valence electrons. The van der Waals surface area contributed by atoms with Crippen molar-refractivity contribution >= 4 is 28.9 Å². The summed E-state index contributed by atoms with van der Waals surface area (Å²) in [4.78, 5) is 10.7. The summed E-state index contributed by atoms with van der Waals surface area (Å²) in [5, 5.41) is 13.7. The first-order valence-electron chi connectivity index (χ1n) is 9.30. The Hall–Kier alpha value is -3.08. The van der Waals surface area contributed by atoms with E-state index in [1.807, 2.05) is 13.8 Å². The summed E-state index contributed by atoms with van der Waals surface area (Å²) in [6.07, 6.45) is -1.68. The fourth-order valence-corrected chi connectivity index (χ4v) is 3.81. The van der Waals surface area contributed by atoms with Crippen LogP contribution in [0.1, 0.15) is 30.8 Å². The van der Waals surface area contributed by atoms with Gasteiger partial charge in [0.25, 0.3) is 0 Å². The smallest absolute Gasteiger partial charge is 0.357 e. The molecule has 0 N–H and O–H groups in total. The fourth-order valence-electron chi connectivity index (χ4n) is 3.20. The lowest BCUT2D eigenvalue weighted by molar-refractivity contribution is -0.142. The molecule has 0 amide bonds. The van der Waals surface area contributed by atoms with Gasteiger partial charge in [0.2, 0.25) is 5.82 Å². The van der Waals surface area contributed by atoms with Crippen molar-refractivity contribution in [1.29, 1.82) is 0 Å². The van der Waals surface area contributed by atoms with Crippen molar-refractivity contribution in [3.05, 3.63) is 45.9 Å². The summed E-state index contributed by atoms with van der Waals surface area (Å²) < 4.78 is 42.3. The predicted molar refractivity (Wildman–Crippen MR) is 108 cm³/mol. The molecule has 0 unspecified atom stereocenters. The van der Waals surface area contributed by atoms with Crippen LogP contribution in [0.25, 0.3) is 22.6 Å². The van der Waals surface area contributed by atoms with Crippen LogP contribution in [0, 0.1) is 6.92 Å². The van der Waals surface area contributed by atoms with E-state index in [4.69, 9.17) is 0 Å². The highest BCUT2D eigenvalue weighted by atomic mass is 32.1. The predicted octanol–water partition coefficient (Wildman–Crippen LogP) is 3.36. The van der Waals surface area contributed by atoms with Crippen molar-refractivity contribution in [2.24, 2.45) is 0 Å². The maximum atomic E-state index is 13.7. The molecule has 0 aliphatic carbocycles. The van der Waals surface area contributed by atoms with Crippen LogP contribution in [-0.4, -0.2) is 42.9 Å². The topological polar surface area (TPSA) is 72.1 Å². The molecular formula is C19H18F3N7S. The van der Waals surface area contributed by atoms with E-state index in [1.54, 1.807) is 30.6 Å². The molecule has 4 aromatic heterocycles. The van der Waals surface area contributed by atoms with Gasteiger partial charge in [-0.3, -0.25) is 0 Å². The van der Waals surface area contributed by atoms with Gasteiger partial charge >= 0.3 is 6.18 Å². The lowest BCUT2D eigenvalue weighted by Gasteiger charge is -2.20. The average molecular weight is 433 g/mol. The third kappa shape index (κ3) is 3.49. The molecule has 0 spiro atoms. The van der Waals surface area contributed by atoms with Gasteiger partial charge in [-0.05, 0) is 44.5 Å². The van der Waals surface area contributed by atoms with Crippen molar-refractivity contribution in [3.63, 3.8) is 0 Å². The summed E-state index contributed by atoms with van der Waals surface area (Å²) in [7, 11) is 0. The Labute approximate surface area is 173 Å². The molecule has 4 heterocycles. The van der Waals surface area contributed by atoms with Gasteiger partial charge in [-0.25, -0.2) is 9.97 Å². The number of halogens is 3. The molecule has 30 heavy (non-hydrogen) atoms. The Balaban J connectivity index is 1.90. The van der Waals surface area contributed by atoms with Gasteiger partial charge in [0.05, 0.1) is 5.22 Å². The van der Waals surface area contributed by atoms with Gasteiger partial charge in [-0.2, -0.15) is 22.8 Å². The lowest BCUT2D eigenvalue weighted by atomic mass is 10.1. The minimum absolute atomic E-state index is 0.0275. The van der Waals surface area contributed by atoms with Crippen molar-refractivity contribution < 1.29 is 13.2 Å². The molecule has 0 radical (unpaired) electrons.